The van der Waals surface area contributed by atoms with Gasteiger partial charge in [-0.15, -0.1) is 0 Å². The average molecular weight is 260 g/mol. The van der Waals surface area contributed by atoms with Gasteiger partial charge in [0.15, 0.2) is 5.78 Å². The van der Waals surface area contributed by atoms with Crippen LogP contribution in [0.2, 0.25) is 0 Å². The Morgan fingerprint density at radius 1 is 1.05 bits per heavy atom. The first kappa shape index (κ1) is 13.4. The Balaban J connectivity index is 2.37. The van der Waals surface area contributed by atoms with Gasteiger partial charge in [-0.25, -0.2) is 8.78 Å². The van der Waals surface area contributed by atoms with Crippen LogP contribution in [0.4, 0.5) is 8.78 Å². The Kier molecular flexibility index (Phi) is 3.74. The first-order chi connectivity index (χ1) is 9.00. The van der Waals surface area contributed by atoms with Crippen LogP contribution in [0.5, 0.6) is 0 Å². The molecule has 0 spiro atoms. The monoisotopic (exact) mass is 260 g/mol. The van der Waals surface area contributed by atoms with Gasteiger partial charge in [0.05, 0.1) is 5.56 Å². The van der Waals surface area contributed by atoms with Gasteiger partial charge >= 0.3 is 0 Å². The summed E-state index contributed by atoms with van der Waals surface area (Å²) in [6.45, 7) is 3.15. The molecule has 98 valence electrons. The number of halogens is 2. The maximum absolute atomic E-state index is 13.8. The Labute approximate surface area is 110 Å². The first-order valence-corrected chi connectivity index (χ1v) is 6.05. The smallest absolute Gasteiger partial charge is 0.173 e. The molecule has 1 unspecified atom stereocenters. The number of aryl methyl sites for hydroxylation is 1. The number of ketones is 1. The van der Waals surface area contributed by atoms with Crippen molar-refractivity contribution in [1.82, 2.24) is 0 Å². The summed E-state index contributed by atoms with van der Waals surface area (Å²) in [7, 11) is 0. The van der Waals surface area contributed by atoms with Crippen molar-refractivity contribution in [3.8, 4) is 0 Å². The molecule has 2 aromatic rings. The van der Waals surface area contributed by atoms with Gasteiger partial charge in [-0.05, 0) is 30.2 Å². The van der Waals surface area contributed by atoms with Crippen molar-refractivity contribution in [2.45, 2.75) is 19.8 Å². The van der Waals surface area contributed by atoms with Gasteiger partial charge in [-0.3, -0.25) is 4.79 Å². The van der Waals surface area contributed by atoms with E-state index in [1.165, 1.54) is 6.92 Å². The van der Waals surface area contributed by atoms with Crippen LogP contribution in [-0.4, -0.2) is 5.78 Å². The summed E-state index contributed by atoms with van der Waals surface area (Å²) >= 11 is 0. The zero-order valence-electron chi connectivity index (χ0n) is 10.8. The number of benzene rings is 2. The molecule has 0 fully saturated rings. The summed E-state index contributed by atoms with van der Waals surface area (Å²) in [5, 5.41) is 0. The van der Waals surface area contributed by atoms with E-state index in [2.05, 4.69) is 0 Å². The predicted molar refractivity (Wildman–Crippen MR) is 70.3 cm³/mol. The highest BCUT2D eigenvalue weighted by atomic mass is 19.1. The highest BCUT2D eigenvalue weighted by Crippen LogP contribution is 2.23. The van der Waals surface area contributed by atoms with Gasteiger partial charge in [0.2, 0.25) is 0 Å². The third-order valence-electron chi connectivity index (χ3n) is 3.21. The summed E-state index contributed by atoms with van der Waals surface area (Å²) in [5.74, 6) is -2.16. The van der Waals surface area contributed by atoms with Crippen LogP contribution >= 0.6 is 0 Å². The minimum absolute atomic E-state index is 0.195. The van der Waals surface area contributed by atoms with E-state index in [1.54, 1.807) is 19.1 Å². The van der Waals surface area contributed by atoms with Crippen molar-refractivity contribution in [2.24, 2.45) is 0 Å². The molecule has 0 saturated heterocycles. The van der Waals surface area contributed by atoms with Gasteiger partial charge in [0.25, 0.3) is 0 Å². The van der Waals surface area contributed by atoms with Gasteiger partial charge < -0.3 is 0 Å². The molecule has 0 aromatic heterocycles. The lowest BCUT2D eigenvalue weighted by molar-refractivity contribution is 0.0961. The molecule has 0 N–H and O–H groups in total. The average Bonchev–Trinajstić information content (AvgIpc) is 2.42. The van der Waals surface area contributed by atoms with Crippen LogP contribution < -0.4 is 0 Å². The van der Waals surface area contributed by atoms with Crippen molar-refractivity contribution in [3.63, 3.8) is 0 Å². The molecule has 0 saturated carbocycles. The molecule has 0 aliphatic rings. The van der Waals surface area contributed by atoms with Gasteiger partial charge in [0, 0.05) is 5.92 Å². The Morgan fingerprint density at radius 2 is 1.68 bits per heavy atom. The topological polar surface area (TPSA) is 17.1 Å². The standard InChI is InChI=1S/C16H14F2O/c1-10-8-15(18)13(9-14(10)17)16(19)11(2)12-6-4-3-5-7-12/h3-9,11H,1-2H3. The van der Waals surface area contributed by atoms with E-state index in [4.69, 9.17) is 0 Å². The third kappa shape index (κ3) is 2.70. The number of hydrogen-bond donors (Lipinski definition) is 0. The summed E-state index contributed by atoms with van der Waals surface area (Å²) in [6.07, 6.45) is 0. The van der Waals surface area contributed by atoms with E-state index in [-0.39, 0.29) is 11.1 Å². The molecule has 0 bridgehead atoms. The van der Waals surface area contributed by atoms with Gasteiger partial charge in [-0.2, -0.15) is 0 Å². The van der Waals surface area contributed by atoms with Crippen LogP contribution in [0, 0.1) is 18.6 Å². The minimum atomic E-state index is -0.674. The molecular formula is C16H14F2O. The second kappa shape index (κ2) is 5.31. The highest BCUT2D eigenvalue weighted by Gasteiger charge is 2.21. The van der Waals surface area contributed by atoms with E-state index < -0.39 is 23.3 Å². The normalized spacial score (nSPS) is 12.2. The maximum atomic E-state index is 13.8. The molecule has 0 amide bonds. The molecule has 1 nitrogen and oxygen atoms in total. The maximum Gasteiger partial charge on any atom is 0.173 e. The third-order valence-corrected chi connectivity index (χ3v) is 3.21. The van der Waals surface area contributed by atoms with Crippen molar-refractivity contribution < 1.29 is 13.6 Å². The van der Waals surface area contributed by atoms with Crippen LogP contribution in [0.3, 0.4) is 0 Å². The Bertz CT molecular complexity index is 606. The molecule has 1 atom stereocenters. The number of carbonyl (C=O) groups excluding carboxylic acids is 1. The zero-order chi connectivity index (χ0) is 14.0. The fourth-order valence-electron chi connectivity index (χ4n) is 1.96. The quantitative estimate of drug-likeness (QED) is 0.753. The largest absolute Gasteiger partial charge is 0.293 e. The molecule has 0 heterocycles. The SMILES string of the molecule is Cc1cc(F)c(C(=O)C(C)c2ccccc2)cc1F. The van der Waals surface area contributed by atoms with E-state index in [0.29, 0.717) is 0 Å². The predicted octanol–water partition coefficient (Wildman–Crippen LogP) is 4.26. The van der Waals surface area contributed by atoms with Crippen LogP contribution in [0.25, 0.3) is 0 Å². The molecule has 0 radical (unpaired) electrons. The molecule has 0 aliphatic carbocycles. The highest BCUT2D eigenvalue weighted by molar-refractivity contribution is 6.01. The lowest BCUT2D eigenvalue weighted by Crippen LogP contribution is -2.12. The second-order valence-corrected chi connectivity index (χ2v) is 4.58. The van der Waals surface area contributed by atoms with E-state index in [9.17, 15) is 13.6 Å². The Morgan fingerprint density at radius 3 is 2.32 bits per heavy atom. The van der Waals surface area contributed by atoms with E-state index >= 15 is 0 Å². The van der Waals surface area contributed by atoms with E-state index in [0.717, 1.165) is 17.7 Å². The molecule has 2 rings (SSSR count). The van der Waals surface area contributed by atoms with Crippen LogP contribution in [-0.2, 0) is 0 Å². The second-order valence-electron chi connectivity index (χ2n) is 4.58. The number of carbonyl (C=O) groups is 1. The molecule has 3 heteroatoms. The summed E-state index contributed by atoms with van der Waals surface area (Å²) in [6, 6.07) is 11.1. The Hall–Kier alpha value is -2.03. The lowest BCUT2D eigenvalue weighted by atomic mass is 9.91. The van der Waals surface area contributed by atoms with Gasteiger partial charge in [0.1, 0.15) is 11.6 Å². The lowest BCUT2D eigenvalue weighted by Gasteiger charge is -2.12. The molecule has 0 aliphatic heterocycles. The first-order valence-electron chi connectivity index (χ1n) is 6.05. The van der Waals surface area contributed by atoms with Crippen molar-refractivity contribution in [3.05, 3.63) is 70.8 Å². The molecule has 2 aromatic carbocycles. The number of rotatable bonds is 3. The number of Topliss-reactive ketones (excluding diaryl/α,β-unsaturated/α-hetero) is 1. The van der Waals surface area contributed by atoms with Crippen LogP contribution in [0.1, 0.15) is 34.3 Å². The number of hydrogen-bond acceptors (Lipinski definition) is 1. The summed E-state index contributed by atoms with van der Waals surface area (Å²) in [4.78, 5) is 12.2. The molecule has 19 heavy (non-hydrogen) atoms. The van der Waals surface area contributed by atoms with Gasteiger partial charge in [-0.1, -0.05) is 37.3 Å². The van der Waals surface area contributed by atoms with Crippen LogP contribution in [0.15, 0.2) is 42.5 Å². The van der Waals surface area contributed by atoms with Crippen molar-refractivity contribution >= 4 is 5.78 Å². The molecular weight excluding hydrogens is 246 g/mol. The fourth-order valence-corrected chi connectivity index (χ4v) is 1.96. The fraction of sp³-hybridized carbons (Fsp3) is 0.188. The summed E-state index contributed by atoms with van der Waals surface area (Å²) < 4.78 is 27.2. The van der Waals surface area contributed by atoms with Crippen molar-refractivity contribution in [2.75, 3.05) is 0 Å². The van der Waals surface area contributed by atoms with E-state index in [1.807, 2.05) is 18.2 Å². The van der Waals surface area contributed by atoms with Crippen molar-refractivity contribution in [1.29, 1.82) is 0 Å². The summed E-state index contributed by atoms with van der Waals surface area (Å²) in [5.41, 5.74) is 0.786. The zero-order valence-corrected chi connectivity index (χ0v) is 10.8. The minimum Gasteiger partial charge on any atom is -0.293 e.